The molecule has 1 atom stereocenters. The van der Waals surface area contributed by atoms with E-state index < -0.39 is 32.5 Å². The van der Waals surface area contributed by atoms with Gasteiger partial charge in [0.1, 0.15) is 6.61 Å². The molecule has 0 aromatic rings. The van der Waals surface area contributed by atoms with Crippen molar-refractivity contribution in [1.29, 1.82) is 0 Å². The van der Waals surface area contributed by atoms with Gasteiger partial charge in [-0.25, -0.2) is 4.57 Å². The molecule has 0 bridgehead atoms. The van der Waals surface area contributed by atoms with E-state index in [0.29, 0.717) is 12.8 Å². The Hall–Kier alpha value is -1.21. The van der Waals surface area contributed by atoms with Crippen LogP contribution in [0.5, 0.6) is 0 Å². The second kappa shape index (κ2) is 46.3. The van der Waals surface area contributed by atoms with Crippen molar-refractivity contribution in [3.63, 3.8) is 0 Å². The van der Waals surface area contributed by atoms with Gasteiger partial charge in [0.05, 0.1) is 6.61 Å². The fraction of sp³-hybridized carbons (Fsp3) is 0.920. The molecule has 0 heterocycles. The van der Waals surface area contributed by atoms with E-state index in [9.17, 15) is 14.2 Å². The first-order valence-electron chi connectivity index (χ1n) is 25.5. The summed E-state index contributed by atoms with van der Waals surface area (Å²) in [6.07, 6.45) is 53.9. The highest BCUT2D eigenvalue weighted by atomic mass is 31.2. The number of hydrogen-bond acceptors (Lipinski definition) is 6. The zero-order valence-corrected chi connectivity index (χ0v) is 39.8. The van der Waals surface area contributed by atoms with E-state index in [0.717, 1.165) is 32.1 Å². The van der Waals surface area contributed by atoms with Crippen molar-refractivity contribution in [3.05, 3.63) is 12.2 Å². The smallest absolute Gasteiger partial charge is 0.462 e. The first kappa shape index (κ1) is 57.8. The second-order valence-electron chi connectivity index (χ2n) is 17.5. The third kappa shape index (κ3) is 49.3. The Morgan fingerprint density at radius 1 is 0.424 bits per heavy atom. The highest BCUT2D eigenvalue weighted by Gasteiger charge is 2.23. The topological polar surface area (TPSA) is 119 Å². The monoisotopic (exact) mass is 857 g/mol. The minimum atomic E-state index is -4.76. The van der Waals surface area contributed by atoms with E-state index in [1.807, 2.05) is 0 Å². The van der Waals surface area contributed by atoms with Crippen LogP contribution in [0.2, 0.25) is 0 Å². The molecule has 59 heavy (non-hydrogen) atoms. The molecule has 0 aliphatic heterocycles. The fourth-order valence-corrected chi connectivity index (χ4v) is 8.09. The van der Waals surface area contributed by atoms with Crippen LogP contribution in [-0.4, -0.2) is 41.0 Å². The van der Waals surface area contributed by atoms with Crippen molar-refractivity contribution in [2.75, 3.05) is 13.2 Å². The van der Waals surface area contributed by atoms with E-state index in [-0.39, 0.29) is 19.4 Å². The highest BCUT2D eigenvalue weighted by molar-refractivity contribution is 7.46. The van der Waals surface area contributed by atoms with Gasteiger partial charge in [-0.05, 0) is 32.1 Å². The van der Waals surface area contributed by atoms with Crippen LogP contribution in [0.25, 0.3) is 0 Å². The van der Waals surface area contributed by atoms with E-state index in [1.54, 1.807) is 0 Å². The minimum Gasteiger partial charge on any atom is -0.462 e. The maximum atomic E-state index is 12.5. The molecule has 0 saturated carbocycles. The maximum absolute atomic E-state index is 12.5. The summed E-state index contributed by atoms with van der Waals surface area (Å²) in [6, 6.07) is 0. The normalized spacial score (nSPS) is 12.4. The number of unbranched alkanes of at least 4 members (excludes halogenated alkanes) is 36. The molecule has 0 amide bonds. The largest absolute Gasteiger partial charge is 0.469 e. The van der Waals surface area contributed by atoms with Crippen LogP contribution in [-0.2, 0) is 28.2 Å². The molecule has 2 N–H and O–H groups in total. The molecule has 0 unspecified atom stereocenters. The summed E-state index contributed by atoms with van der Waals surface area (Å²) in [5.41, 5.74) is 0. The summed E-state index contributed by atoms with van der Waals surface area (Å²) < 4.78 is 26.5. The van der Waals surface area contributed by atoms with Crippen molar-refractivity contribution in [1.82, 2.24) is 0 Å². The molecule has 0 aliphatic rings. The first-order valence-corrected chi connectivity index (χ1v) is 27.0. The van der Waals surface area contributed by atoms with Gasteiger partial charge in [-0.1, -0.05) is 244 Å². The Kier molecular flexibility index (Phi) is 45.3. The van der Waals surface area contributed by atoms with Gasteiger partial charge in [-0.2, -0.15) is 0 Å². The summed E-state index contributed by atoms with van der Waals surface area (Å²) in [5, 5.41) is 0. The van der Waals surface area contributed by atoms with E-state index in [1.165, 1.54) is 205 Å². The van der Waals surface area contributed by atoms with Gasteiger partial charge < -0.3 is 19.3 Å². The first-order chi connectivity index (χ1) is 28.8. The van der Waals surface area contributed by atoms with Crippen LogP contribution in [0.1, 0.15) is 277 Å². The standard InChI is InChI=1S/C50H97O8P/c1-3-5-7-9-11-13-15-17-19-21-23-24-25-26-27-29-30-32-34-36-38-40-42-44-49(51)56-46-48(47-57-59(53,54)55)58-50(52)45-43-41-39-37-35-33-31-28-22-20-18-16-14-12-10-8-6-4-2/h36,38,48H,3-35,37,39-47H2,1-2H3,(H2,53,54,55)/b38-36+/t48-/m1/s1. The molecule has 0 spiro atoms. The fourth-order valence-electron chi connectivity index (χ4n) is 7.73. The third-order valence-electron chi connectivity index (χ3n) is 11.5. The summed E-state index contributed by atoms with van der Waals surface area (Å²) in [5.74, 6) is -0.903. The van der Waals surface area contributed by atoms with Crippen LogP contribution in [0, 0.1) is 0 Å². The third-order valence-corrected chi connectivity index (χ3v) is 12.0. The summed E-state index contributed by atoms with van der Waals surface area (Å²) in [7, 11) is -4.76. The quantitative estimate of drug-likeness (QED) is 0.0269. The van der Waals surface area contributed by atoms with Crippen LogP contribution >= 0.6 is 7.82 Å². The Labute approximate surface area is 365 Å². The number of carbonyl (C=O) groups excluding carboxylic acids is 2. The van der Waals surface area contributed by atoms with Crippen LogP contribution in [0.15, 0.2) is 12.2 Å². The van der Waals surface area contributed by atoms with Crippen molar-refractivity contribution >= 4 is 19.8 Å². The van der Waals surface area contributed by atoms with Crippen molar-refractivity contribution in [2.24, 2.45) is 0 Å². The number of hydrogen-bond donors (Lipinski definition) is 2. The minimum absolute atomic E-state index is 0.213. The lowest BCUT2D eigenvalue weighted by Crippen LogP contribution is -2.29. The van der Waals surface area contributed by atoms with Crippen LogP contribution in [0.4, 0.5) is 0 Å². The van der Waals surface area contributed by atoms with Crippen molar-refractivity contribution < 1.29 is 37.9 Å². The molecule has 0 aromatic carbocycles. The lowest BCUT2D eigenvalue weighted by Gasteiger charge is -2.18. The average molecular weight is 857 g/mol. The predicted molar refractivity (Wildman–Crippen MR) is 249 cm³/mol. The molecular formula is C50H97O8P. The predicted octanol–water partition coefficient (Wildman–Crippen LogP) is 16.1. The van der Waals surface area contributed by atoms with Crippen molar-refractivity contribution in [2.45, 2.75) is 283 Å². The van der Waals surface area contributed by atoms with Gasteiger partial charge in [0, 0.05) is 12.8 Å². The van der Waals surface area contributed by atoms with E-state index in [2.05, 4.69) is 30.5 Å². The molecule has 0 fully saturated rings. The SMILES string of the molecule is CCCCCCCCCCCCCCCCCCCC/C=C/CCCC(=O)OC[C@H](COP(=O)(O)O)OC(=O)CCCCCCCCCCCCCCCCCCCC. The molecule has 8 nitrogen and oxygen atoms in total. The number of ether oxygens (including phenoxy) is 2. The maximum Gasteiger partial charge on any atom is 0.469 e. The summed E-state index contributed by atoms with van der Waals surface area (Å²) >= 11 is 0. The van der Waals surface area contributed by atoms with Gasteiger partial charge in [0.15, 0.2) is 6.10 Å². The Balaban J connectivity index is 3.79. The van der Waals surface area contributed by atoms with Gasteiger partial charge in [0.25, 0.3) is 0 Å². The zero-order valence-electron chi connectivity index (χ0n) is 38.9. The Bertz CT molecular complexity index is 967. The van der Waals surface area contributed by atoms with Gasteiger partial charge in [-0.3, -0.25) is 14.1 Å². The number of rotatable bonds is 48. The van der Waals surface area contributed by atoms with Gasteiger partial charge >= 0.3 is 19.8 Å². The molecule has 0 rings (SSSR count). The number of allylic oxidation sites excluding steroid dienone is 2. The summed E-state index contributed by atoms with van der Waals surface area (Å²) in [4.78, 5) is 43.0. The van der Waals surface area contributed by atoms with Crippen LogP contribution in [0.3, 0.4) is 0 Å². The average Bonchev–Trinajstić information content (AvgIpc) is 3.21. The Morgan fingerprint density at radius 3 is 1.08 bits per heavy atom. The van der Waals surface area contributed by atoms with E-state index >= 15 is 0 Å². The number of phosphoric ester groups is 1. The van der Waals surface area contributed by atoms with Gasteiger partial charge in [-0.15, -0.1) is 0 Å². The van der Waals surface area contributed by atoms with Gasteiger partial charge in [0.2, 0.25) is 0 Å². The zero-order chi connectivity index (χ0) is 43.2. The summed E-state index contributed by atoms with van der Waals surface area (Å²) in [6.45, 7) is 3.72. The lowest BCUT2D eigenvalue weighted by molar-refractivity contribution is -0.161. The molecule has 350 valence electrons. The highest BCUT2D eigenvalue weighted by Crippen LogP contribution is 2.36. The van der Waals surface area contributed by atoms with Crippen LogP contribution < -0.4 is 0 Å². The van der Waals surface area contributed by atoms with Crippen molar-refractivity contribution in [3.8, 4) is 0 Å². The number of esters is 2. The second-order valence-corrected chi connectivity index (χ2v) is 18.7. The number of phosphoric acid groups is 1. The molecule has 0 radical (unpaired) electrons. The number of carbonyl (C=O) groups is 2. The Morgan fingerprint density at radius 2 is 0.729 bits per heavy atom. The molecule has 9 heteroatoms. The molecule has 0 saturated heterocycles. The van der Waals surface area contributed by atoms with E-state index in [4.69, 9.17) is 19.3 Å². The lowest BCUT2D eigenvalue weighted by atomic mass is 10.0. The molecular weight excluding hydrogens is 760 g/mol. The molecule has 0 aromatic heterocycles. The molecule has 0 aliphatic carbocycles.